The number of piperidine rings is 1. The molecule has 0 radical (unpaired) electrons. The van der Waals surface area contributed by atoms with Gasteiger partial charge in [-0.05, 0) is 25.0 Å². The first-order valence-electron chi connectivity index (χ1n) is 8.78. The van der Waals surface area contributed by atoms with E-state index in [0.29, 0.717) is 24.6 Å². The van der Waals surface area contributed by atoms with Crippen LogP contribution in [0.3, 0.4) is 0 Å². The van der Waals surface area contributed by atoms with Crippen LogP contribution >= 0.6 is 0 Å². The van der Waals surface area contributed by atoms with Gasteiger partial charge < -0.3 is 19.5 Å². The molecule has 8 nitrogen and oxygen atoms in total. The maximum Gasteiger partial charge on any atom is 0.338 e. The summed E-state index contributed by atoms with van der Waals surface area (Å²) in [6.45, 7) is 1.20. The molecule has 1 amide bonds. The van der Waals surface area contributed by atoms with Gasteiger partial charge in [-0.1, -0.05) is 6.07 Å². The highest BCUT2D eigenvalue weighted by Gasteiger charge is 2.26. The highest BCUT2D eigenvalue weighted by Crippen LogP contribution is 2.30. The van der Waals surface area contributed by atoms with E-state index in [1.807, 2.05) is 23.1 Å². The molecule has 0 atom stereocenters. The van der Waals surface area contributed by atoms with Crippen molar-refractivity contribution in [3.05, 3.63) is 41.7 Å². The Labute approximate surface area is 157 Å². The van der Waals surface area contributed by atoms with Crippen molar-refractivity contribution in [2.45, 2.75) is 25.3 Å². The molecule has 27 heavy (non-hydrogen) atoms. The summed E-state index contributed by atoms with van der Waals surface area (Å²) in [4.78, 5) is 25.6. The Bertz CT molecular complexity index is 802. The van der Waals surface area contributed by atoms with Gasteiger partial charge in [0.05, 0.1) is 38.4 Å². The number of aromatic carboxylic acids is 1. The highest BCUT2D eigenvalue weighted by atomic mass is 16.5. The molecule has 1 fully saturated rings. The lowest BCUT2D eigenvalue weighted by atomic mass is 10.0. The summed E-state index contributed by atoms with van der Waals surface area (Å²) in [5.41, 5.74) is 0.921. The summed E-state index contributed by atoms with van der Waals surface area (Å²) in [6.07, 6.45) is 4.58. The van der Waals surface area contributed by atoms with E-state index in [1.165, 1.54) is 6.20 Å². The van der Waals surface area contributed by atoms with E-state index >= 15 is 0 Å². The van der Waals surface area contributed by atoms with Crippen LogP contribution in [0.4, 0.5) is 0 Å². The largest absolute Gasteiger partial charge is 0.496 e. The van der Waals surface area contributed by atoms with E-state index in [-0.39, 0.29) is 23.9 Å². The number of carboxylic acid groups (broad SMARTS) is 1. The summed E-state index contributed by atoms with van der Waals surface area (Å²) >= 11 is 0. The number of carbonyl (C=O) groups is 2. The van der Waals surface area contributed by atoms with Crippen molar-refractivity contribution in [3.63, 3.8) is 0 Å². The molecule has 1 aliphatic heterocycles. The van der Waals surface area contributed by atoms with Crippen LogP contribution in [0.25, 0.3) is 0 Å². The molecule has 0 spiro atoms. The molecule has 1 aromatic carbocycles. The monoisotopic (exact) mass is 373 g/mol. The third-order valence-electron chi connectivity index (χ3n) is 4.90. The van der Waals surface area contributed by atoms with Crippen molar-refractivity contribution in [3.8, 4) is 11.5 Å². The number of carboxylic acids is 1. The summed E-state index contributed by atoms with van der Waals surface area (Å²) in [7, 11) is 3.15. The maximum absolute atomic E-state index is 12.8. The van der Waals surface area contributed by atoms with Crippen LogP contribution in [-0.2, 0) is 11.2 Å². The molecule has 144 valence electrons. The Kier molecular flexibility index (Phi) is 5.63. The number of carbonyl (C=O) groups excluding carboxylic acids is 1. The fraction of sp³-hybridized carbons (Fsp3) is 0.421. The van der Waals surface area contributed by atoms with E-state index in [0.717, 1.165) is 18.4 Å². The molecule has 0 aliphatic carbocycles. The lowest BCUT2D eigenvalue weighted by Crippen LogP contribution is -2.40. The highest BCUT2D eigenvalue weighted by molar-refractivity contribution is 5.86. The minimum Gasteiger partial charge on any atom is -0.496 e. The van der Waals surface area contributed by atoms with Gasteiger partial charge >= 0.3 is 5.97 Å². The smallest absolute Gasteiger partial charge is 0.338 e. The first-order valence-corrected chi connectivity index (χ1v) is 8.78. The van der Waals surface area contributed by atoms with Crippen molar-refractivity contribution in [2.24, 2.45) is 0 Å². The van der Waals surface area contributed by atoms with E-state index < -0.39 is 5.97 Å². The first kappa shape index (κ1) is 18.8. The van der Waals surface area contributed by atoms with Crippen LogP contribution in [-0.4, -0.2) is 59.0 Å². The molecule has 0 unspecified atom stereocenters. The molecule has 1 aromatic heterocycles. The SMILES string of the molecule is COc1cccc(OC)c1CC(=O)N1CCC(n2cc(C(=O)O)cn2)CC1. The predicted molar refractivity (Wildman–Crippen MR) is 97.3 cm³/mol. The summed E-state index contributed by atoms with van der Waals surface area (Å²) in [5.74, 6) is 0.299. The van der Waals surface area contributed by atoms with Gasteiger partial charge in [0.1, 0.15) is 11.5 Å². The Hall–Kier alpha value is -3.03. The predicted octanol–water partition coefficient (Wildman–Crippen LogP) is 2.00. The molecular formula is C19H23N3O5. The molecular weight excluding hydrogens is 350 g/mol. The lowest BCUT2D eigenvalue weighted by molar-refractivity contribution is -0.131. The summed E-state index contributed by atoms with van der Waals surface area (Å²) in [5, 5.41) is 13.2. The topological polar surface area (TPSA) is 93.9 Å². The molecule has 2 heterocycles. The zero-order valence-electron chi connectivity index (χ0n) is 15.4. The number of rotatable bonds is 6. The second-order valence-corrected chi connectivity index (χ2v) is 6.44. The first-order chi connectivity index (χ1) is 13.0. The third-order valence-corrected chi connectivity index (χ3v) is 4.90. The van der Waals surface area contributed by atoms with Gasteiger partial charge in [-0.2, -0.15) is 5.10 Å². The maximum atomic E-state index is 12.8. The van der Waals surface area contributed by atoms with Crippen molar-refractivity contribution in [1.29, 1.82) is 0 Å². The second kappa shape index (κ2) is 8.11. The number of amides is 1. The van der Waals surface area contributed by atoms with Gasteiger partial charge in [-0.3, -0.25) is 9.48 Å². The molecule has 8 heteroatoms. The normalized spacial score (nSPS) is 14.8. The van der Waals surface area contributed by atoms with E-state index in [9.17, 15) is 9.59 Å². The van der Waals surface area contributed by atoms with Crippen LogP contribution in [0.1, 0.15) is 34.8 Å². The summed E-state index contributed by atoms with van der Waals surface area (Å²) < 4.78 is 12.4. The van der Waals surface area contributed by atoms with Crippen LogP contribution in [0.15, 0.2) is 30.6 Å². The van der Waals surface area contributed by atoms with Crippen LogP contribution in [0.5, 0.6) is 11.5 Å². The van der Waals surface area contributed by atoms with Crippen molar-refractivity contribution < 1.29 is 24.2 Å². The molecule has 1 N–H and O–H groups in total. The van der Waals surface area contributed by atoms with Gasteiger partial charge in [0.25, 0.3) is 0 Å². The van der Waals surface area contributed by atoms with Crippen LogP contribution in [0, 0.1) is 0 Å². The Morgan fingerprint density at radius 1 is 1.19 bits per heavy atom. The fourth-order valence-corrected chi connectivity index (χ4v) is 3.39. The number of hydrogen-bond acceptors (Lipinski definition) is 5. The fourth-order valence-electron chi connectivity index (χ4n) is 3.39. The van der Waals surface area contributed by atoms with Gasteiger partial charge in [-0.15, -0.1) is 0 Å². The average Bonchev–Trinajstić information content (AvgIpc) is 3.18. The molecule has 1 saturated heterocycles. The molecule has 0 bridgehead atoms. The molecule has 1 aliphatic rings. The standard InChI is InChI=1S/C19H23N3O5/c1-26-16-4-3-5-17(27-2)15(16)10-18(23)21-8-6-14(7-9-21)22-12-13(11-20-22)19(24)25/h3-5,11-12,14H,6-10H2,1-2H3,(H,24,25). The Morgan fingerprint density at radius 3 is 2.33 bits per heavy atom. The van der Waals surface area contributed by atoms with Crippen molar-refractivity contribution in [2.75, 3.05) is 27.3 Å². The second-order valence-electron chi connectivity index (χ2n) is 6.44. The minimum absolute atomic E-state index is 0.0166. The van der Waals surface area contributed by atoms with Gasteiger partial charge in [-0.25, -0.2) is 4.79 Å². The quantitative estimate of drug-likeness (QED) is 0.832. The molecule has 0 saturated carbocycles. The average molecular weight is 373 g/mol. The summed E-state index contributed by atoms with van der Waals surface area (Å²) in [6, 6.07) is 5.56. The zero-order valence-corrected chi connectivity index (χ0v) is 15.4. The van der Waals surface area contributed by atoms with Crippen LogP contribution in [0.2, 0.25) is 0 Å². The third kappa shape index (κ3) is 4.05. The number of aromatic nitrogens is 2. The van der Waals surface area contributed by atoms with E-state index in [4.69, 9.17) is 14.6 Å². The van der Waals surface area contributed by atoms with E-state index in [2.05, 4.69) is 5.10 Å². The van der Waals surface area contributed by atoms with Crippen molar-refractivity contribution >= 4 is 11.9 Å². The van der Waals surface area contributed by atoms with Gasteiger partial charge in [0, 0.05) is 24.8 Å². The number of ether oxygens (including phenoxy) is 2. The zero-order chi connectivity index (χ0) is 19.4. The van der Waals surface area contributed by atoms with Gasteiger partial charge in [0.15, 0.2) is 0 Å². The molecule has 3 rings (SSSR count). The Morgan fingerprint density at radius 2 is 1.81 bits per heavy atom. The lowest BCUT2D eigenvalue weighted by Gasteiger charge is -2.32. The Balaban J connectivity index is 1.63. The minimum atomic E-state index is -0.986. The number of hydrogen-bond donors (Lipinski definition) is 1. The van der Waals surface area contributed by atoms with Crippen LogP contribution < -0.4 is 9.47 Å². The van der Waals surface area contributed by atoms with E-state index in [1.54, 1.807) is 25.1 Å². The number of methoxy groups -OCH3 is 2. The number of benzene rings is 1. The van der Waals surface area contributed by atoms with Crippen molar-refractivity contribution in [1.82, 2.24) is 14.7 Å². The van der Waals surface area contributed by atoms with Gasteiger partial charge in [0.2, 0.25) is 5.91 Å². The number of nitrogens with zero attached hydrogens (tertiary/aromatic N) is 3. The molecule has 2 aromatic rings. The number of likely N-dealkylation sites (tertiary alicyclic amines) is 1.